The largest absolute Gasteiger partial charge is 0.573 e. The van der Waals surface area contributed by atoms with Gasteiger partial charge in [0.1, 0.15) is 0 Å². The number of alkyl halides is 3. The number of anilines is 2. The molecule has 170 valence electrons. The van der Waals surface area contributed by atoms with E-state index in [4.69, 9.17) is 5.73 Å². The molecule has 0 spiro atoms. The number of para-hydroxylation sites is 3. The molecule has 1 unspecified atom stereocenters. The number of hydrogen-bond donors (Lipinski definition) is 2. The maximum atomic E-state index is 12.5. The molecular formula is C21H27F3IN5O. The first-order valence-electron chi connectivity index (χ1n) is 9.77. The normalized spacial score (nSPS) is 16.4. The van der Waals surface area contributed by atoms with E-state index in [0.29, 0.717) is 6.54 Å². The molecule has 0 bridgehead atoms. The molecule has 0 radical (unpaired) electrons. The van der Waals surface area contributed by atoms with E-state index in [9.17, 15) is 13.2 Å². The Balaban J connectivity index is 0.00000341. The smallest absolute Gasteiger partial charge is 0.404 e. The Labute approximate surface area is 197 Å². The number of ether oxygens (including phenoxy) is 1. The van der Waals surface area contributed by atoms with Crippen molar-refractivity contribution in [1.82, 2.24) is 4.90 Å². The number of aliphatic imine (C=N–C) groups is 1. The van der Waals surface area contributed by atoms with Crippen LogP contribution >= 0.6 is 24.0 Å². The van der Waals surface area contributed by atoms with Crippen molar-refractivity contribution in [3.05, 3.63) is 54.6 Å². The lowest BCUT2D eigenvalue weighted by atomic mass is 10.2. The molecule has 0 aromatic heterocycles. The minimum absolute atomic E-state index is 0. The average molecular weight is 549 g/mol. The van der Waals surface area contributed by atoms with Crippen LogP contribution in [0.25, 0.3) is 0 Å². The fourth-order valence-corrected chi connectivity index (χ4v) is 3.37. The summed E-state index contributed by atoms with van der Waals surface area (Å²) in [4.78, 5) is 8.98. The molecule has 0 saturated carbocycles. The topological polar surface area (TPSA) is 66.1 Å². The molecule has 0 aliphatic carbocycles. The van der Waals surface area contributed by atoms with Gasteiger partial charge in [0.25, 0.3) is 0 Å². The third-order valence-electron chi connectivity index (χ3n) is 4.96. The fourth-order valence-electron chi connectivity index (χ4n) is 3.37. The zero-order valence-electron chi connectivity index (χ0n) is 17.2. The van der Waals surface area contributed by atoms with Crippen LogP contribution in [0.3, 0.4) is 0 Å². The van der Waals surface area contributed by atoms with Crippen molar-refractivity contribution >= 4 is 41.3 Å². The Kier molecular flexibility index (Phi) is 9.23. The van der Waals surface area contributed by atoms with Crippen molar-refractivity contribution in [1.29, 1.82) is 0 Å². The quantitative estimate of drug-likeness (QED) is 0.322. The predicted molar refractivity (Wildman–Crippen MR) is 128 cm³/mol. The molecular weight excluding hydrogens is 522 g/mol. The molecule has 1 heterocycles. The summed E-state index contributed by atoms with van der Waals surface area (Å²) in [5.41, 5.74) is 7.22. The number of nitrogens with two attached hydrogens (primary N) is 1. The van der Waals surface area contributed by atoms with Crippen molar-refractivity contribution in [2.24, 2.45) is 10.7 Å². The number of benzene rings is 2. The average Bonchev–Trinajstić information content (AvgIpc) is 2.73. The van der Waals surface area contributed by atoms with Crippen LogP contribution in [-0.2, 0) is 0 Å². The summed E-state index contributed by atoms with van der Waals surface area (Å²) in [6.07, 6.45) is -4.78. The second-order valence-corrected chi connectivity index (χ2v) is 7.10. The predicted octanol–water partition coefficient (Wildman–Crippen LogP) is 4.14. The number of nitrogens with one attached hydrogen (secondary N) is 1. The number of nitrogens with zero attached hydrogens (tertiary/aromatic N) is 3. The zero-order valence-corrected chi connectivity index (χ0v) is 19.5. The van der Waals surface area contributed by atoms with Crippen LogP contribution in [0.5, 0.6) is 5.75 Å². The molecule has 1 saturated heterocycles. The highest BCUT2D eigenvalue weighted by molar-refractivity contribution is 14.0. The van der Waals surface area contributed by atoms with E-state index in [1.807, 2.05) is 18.2 Å². The van der Waals surface area contributed by atoms with E-state index in [-0.39, 0.29) is 47.4 Å². The van der Waals surface area contributed by atoms with E-state index in [0.717, 1.165) is 26.2 Å². The number of guanidine groups is 1. The van der Waals surface area contributed by atoms with Gasteiger partial charge in [0.05, 0.1) is 12.2 Å². The Morgan fingerprint density at radius 3 is 2.32 bits per heavy atom. The monoisotopic (exact) mass is 549 g/mol. The Morgan fingerprint density at radius 2 is 1.68 bits per heavy atom. The van der Waals surface area contributed by atoms with Gasteiger partial charge in [-0.1, -0.05) is 30.3 Å². The molecule has 6 nitrogen and oxygen atoms in total. The Hall–Kier alpha value is -2.21. The van der Waals surface area contributed by atoms with Crippen LogP contribution in [0.15, 0.2) is 59.6 Å². The maximum Gasteiger partial charge on any atom is 0.573 e. The minimum atomic E-state index is -4.78. The first-order chi connectivity index (χ1) is 14.3. The molecule has 2 aromatic rings. The number of rotatable bonds is 6. The van der Waals surface area contributed by atoms with Crippen LogP contribution in [0.4, 0.5) is 24.5 Å². The van der Waals surface area contributed by atoms with Crippen LogP contribution in [0.1, 0.15) is 6.92 Å². The first-order valence-corrected chi connectivity index (χ1v) is 9.77. The van der Waals surface area contributed by atoms with E-state index < -0.39 is 6.36 Å². The van der Waals surface area contributed by atoms with E-state index in [1.54, 1.807) is 6.07 Å². The first kappa shape index (κ1) is 25.1. The van der Waals surface area contributed by atoms with Crippen molar-refractivity contribution in [2.75, 3.05) is 42.9 Å². The van der Waals surface area contributed by atoms with Gasteiger partial charge in [-0.2, -0.15) is 0 Å². The van der Waals surface area contributed by atoms with E-state index in [1.165, 1.54) is 23.9 Å². The van der Waals surface area contributed by atoms with Gasteiger partial charge in [-0.05, 0) is 31.2 Å². The molecule has 3 N–H and O–H groups in total. The van der Waals surface area contributed by atoms with Crippen molar-refractivity contribution in [3.63, 3.8) is 0 Å². The van der Waals surface area contributed by atoms with Crippen LogP contribution in [0.2, 0.25) is 0 Å². The van der Waals surface area contributed by atoms with Crippen molar-refractivity contribution in [3.8, 4) is 5.75 Å². The van der Waals surface area contributed by atoms with Gasteiger partial charge < -0.3 is 20.7 Å². The van der Waals surface area contributed by atoms with Gasteiger partial charge in [0, 0.05) is 37.9 Å². The van der Waals surface area contributed by atoms with Crippen LogP contribution in [0, 0.1) is 0 Å². The third kappa shape index (κ3) is 7.76. The van der Waals surface area contributed by atoms with E-state index in [2.05, 4.69) is 43.9 Å². The number of piperazine rings is 1. The summed E-state index contributed by atoms with van der Waals surface area (Å²) in [6, 6.07) is 16.2. The summed E-state index contributed by atoms with van der Waals surface area (Å²) in [5.74, 6) is -0.309. The molecule has 10 heteroatoms. The fraction of sp³-hybridized carbons (Fsp3) is 0.381. The summed E-state index contributed by atoms with van der Waals surface area (Å²) < 4.78 is 41.6. The minimum Gasteiger partial charge on any atom is -0.404 e. The maximum absolute atomic E-state index is 12.5. The molecule has 0 amide bonds. The molecule has 2 aromatic carbocycles. The van der Waals surface area contributed by atoms with Gasteiger partial charge in [-0.15, -0.1) is 37.1 Å². The van der Waals surface area contributed by atoms with Gasteiger partial charge in [0.15, 0.2) is 11.7 Å². The van der Waals surface area contributed by atoms with E-state index >= 15 is 0 Å². The summed E-state index contributed by atoms with van der Waals surface area (Å²) in [7, 11) is 0. The zero-order chi connectivity index (χ0) is 21.6. The second kappa shape index (κ2) is 11.4. The van der Waals surface area contributed by atoms with Crippen molar-refractivity contribution in [2.45, 2.75) is 19.3 Å². The summed E-state index contributed by atoms with van der Waals surface area (Å²) in [5, 5.41) is 2.70. The van der Waals surface area contributed by atoms with Gasteiger partial charge >= 0.3 is 6.36 Å². The lowest BCUT2D eigenvalue weighted by Crippen LogP contribution is -2.50. The number of hydrogen-bond acceptors (Lipinski definition) is 4. The molecule has 1 atom stereocenters. The SMILES string of the molecule is CC(CN=C(N)Nc1ccccc1OC(F)(F)F)N1CCN(c2ccccc2)CC1.I. The number of halogens is 4. The Morgan fingerprint density at radius 1 is 1.06 bits per heavy atom. The lowest BCUT2D eigenvalue weighted by Gasteiger charge is -2.38. The molecule has 31 heavy (non-hydrogen) atoms. The highest BCUT2D eigenvalue weighted by Crippen LogP contribution is 2.29. The molecule has 3 rings (SSSR count). The molecule has 1 aliphatic rings. The summed E-state index contributed by atoms with van der Waals surface area (Å²) >= 11 is 0. The van der Waals surface area contributed by atoms with Gasteiger partial charge in [-0.25, -0.2) is 0 Å². The van der Waals surface area contributed by atoms with Gasteiger partial charge in [-0.3, -0.25) is 9.89 Å². The lowest BCUT2D eigenvalue weighted by molar-refractivity contribution is -0.274. The highest BCUT2D eigenvalue weighted by Gasteiger charge is 2.32. The van der Waals surface area contributed by atoms with Gasteiger partial charge in [0.2, 0.25) is 0 Å². The Bertz CT molecular complexity index is 842. The standard InChI is InChI=1S/C21H26F3N5O.HI/c1-16(28-11-13-29(14-12-28)17-7-3-2-4-8-17)15-26-20(25)27-18-9-5-6-10-19(18)30-21(22,23)24;/h2-10,16H,11-15H2,1H3,(H3,25,26,27);1H. The third-order valence-corrected chi connectivity index (χ3v) is 4.96. The van der Waals surface area contributed by atoms with Crippen molar-refractivity contribution < 1.29 is 17.9 Å². The molecule has 1 fully saturated rings. The molecule has 1 aliphatic heterocycles. The summed E-state index contributed by atoms with van der Waals surface area (Å²) in [6.45, 7) is 6.16. The highest BCUT2D eigenvalue weighted by atomic mass is 127. The second-order valence-electron chi connectivity index (χ2n) is 7.10. The van der Waals surface area contributed by atoms with Crippen LogP contribution in [-0.4, -0.2) is 56.0 Å². The van der Waals surface area contributed by atoms with Crippen LogP contribution < -0.4 is 20.7 Å².